The number of carbonyl (C=O) groups excluding carboxylic acids is 1. The Bertz CT molecular complexity index is 757. The molecule has 1 saturated carbocycles. The Morgan fingerprint density at radius 3 is 2.55 bits per heavy atom. The summed E-state index contributed by atoms with van der Waals surface area (Å²) < 4.78 is 0.221. The van der Waals surface area contributed by atoms with Crippen molar-refractivity contribution in [1.82, 2.24) is 0 Å². The number of halogens is 2. The molecule has 0 unspecified atom stereocenters. The zero-order valence-corrected chi connectivity index (χ0v) is 13.9. The molecule has 0 radical (unpaired) electrons. The van der Waals surface area contributed by atoms with Crippen LogP contribution < -0.4 is 5.32 Å². The number of anilines is 1. The summed E-state index contributed by atoms with van der Waals surface area (Å²) in [5.74, 6) is -0.0244. The van der Waals surface area contributed by atoms with Crippen LogP contribution in [0.4, 0.5) is 5.69 Å². The molecule has 2 aromatic rings. The zero-order valence-electron chi connectivity index (χ0n) is 12.4. The fourth-order valence-corrected chi connectivity index (χ4v) is 3.44. The molecule has 0 aromatic heterocycles. The standard InChI is InChI=1S/C18H17Cl2NO/c1-18(2)13(10-15(19)20)16(18)17(22)21-14-9-5-7-11-6-3-4-8-12(11)14/h3-10,13,16H,1-2H3,(H,21,22)/t13-,16-/m0/s1. The molecule has 1 aliphatic rings. The minimum Gasteiger partial charge on any atom is -0.325 e. The van der Waals surface area contributed by atoms with Crippen LogP contribution in [0.1, 0.15) is 13.8 Å². The Morgan fingerprint density at radius 1 is 1.14 bits per heavy atom. The van der Waals surface area contributed by atoms with Gasteiger partial charge in [-0.25, -0.2) is 0 Å². The average molecular weight is 334 g/mol. The number of hydrogen-bond acceptors (Lipinski definition) is 1. The third-order valence-corrected chi connectivity index (χ3v) is 4.80. The van der Waals surface area contributed by atoms with Crippen LogP contribution in [0.15, 0.2) is 53.0 Å². The second-order valence-electron chi connectivity index (χ2n) is 6.30. The molecule has 1 amide bonds. The molecule has 2 aromatic carbocycles. The maximum atomic E-state index is 12.6. The van der Waals surface area contributed by atoms with E-state index >= 15 is 0 Å². The summed E-state index contributed by atoms with van der Waals surface area (Å²) in [5, 5.41) is 5.20. The van der Waals surface area contributed by atoms with Crippen LogP contribution >= 0.6 is 23.2 Å². The van der Waals surface area contributed by atoms with Gasteiger partial charge in [0, 0.05) is 11.1 Å². The van der Waals surface area contributed by atoms with Crippen molar-refractivity contribution in [3.8, 4) is 0 Å². The first-order valence-corrected chi connectivity index (χ1v) is 7.98. The van der Waals surface area contributed by atoms with Crippen LogP contribution in [0.25, 0.3) is 10.8 Å². The highest BCUT2D eigenvalue weighted by atomic mass is 35.5. The number of carbonyl (C=O) groups is 1. The van der Waals surface area contributed by atoms with E-state index < -0.39 is 0 Å². The van der Waals surface area contributed by atoms with E-state index in [1.165, 1.54) is 0 Å². The van der Waals surface area contributed by atoms with E-state index in [0.717, 1.165) is 16.5 Å². The molecule has 0 bridgehead atoms. The van der Waals surface area contributed by atoms with Gasteiger partial charge in [0.1, 0.15) is 4.49 Å². The highest BCUT2D eigenvalue weighted by Gasteiger charge is 2.60. The topological polar surface area (TPSA) is 29.1 Å². The number of fused-ring (bicyclic) bond motifs is 1. The maximum absolute atomic E-state index is 12.6. The summed E-state index contributed by atoms with van der Waals surface area (Å²) in [6.07, 6.45) is 1.76. The summed E-state index contributed by atoms with van der Waals surface area (Å²) in [7, 11) is 0. The lowest BCUT2D eigenvalue weighted by molar-refractivity contribution is -0.118. The van der Waals surface area contributed by atoms with Gasteiger partial charge in [-0.2, -0.15) is 0 Å². The molecule has 2 nitrogen and oxygen atoms in total. The highest BCUT2D eigenvalue weighted by molar-refractivity contribution is 6.55. The van der Waals surface area contributed by atoms with Crippen molar-refractivity contribution >= 4 is 45.6 Å². The monoisotopic (exact) mass is 333 g/mol. The predicted molar refractivity (Wildman–Crippen MR) is 93.1 cm³/mol. The molecule has 0 saturated heterocycles. The summed E-state index contributed by atoms with van der Waals surface area (Å²) in [5.41, 5.74) is 0.717. The van der Waals surface area contributed by atoms with Gasteiger partial charge in [0.25, 0.3) is 0 Å². The molecule has 0 aliphatic heterocycles. The van der Waals surface area contributed by atoms with Gasteiger partial charge < -0.3 is 5.32 Å². The first kappa shape index (κ1) is 15.4. The van der Waals surface area contributed by atoms with Crippen molar-refractivity contribution in [1.29, 1.82) is 0 Å². The minimum atomic E-state index is -0.121. The molecular weight excluding hydrogens is 317 g/mol. The molecule has 2 atom stereocenters. The quantitative estimate of drug-likeness (QED) is 0.803. The van der Waals surface area contributed by atoms with Gasteiger partial charge in [-0.3, -0.25) is 4.79 Å². The van der Waals surface area contributed by atoms with E-state index in [0.29, 0.717) is 0 Å². The average Bonchev–Trinajstić information content (AvgIpc) is 2.99. The Morgan fingerprint density at radius 2 is 1.82 bits per heavy atom. The van der Waals surface area contributed by atoms with Gasteiger partial charge in [-0.05, 0) is 28.9 Å². The van der Waals surface area contributed by atoms with Gasteiger partial charge in [0.15, 0.2) is 0 Å². The molecule has 22 heavy (non-hydrogen) atoms. The van der Waals surface area contributed by atoms with Crippen molar-refractivity contribution in [2.24, 2.45) is 17.3 Å². The number of amides is 1. The largest absolute Gasteiger partial charge is 0.325 e. The lowest BCUT2D eigenvalue weighted by atomic mass is 10.1. The summed E-state index contributed by atoms with van der Waals surface area (Å²) in [6.45, 7) is 4.11. The molecule has 3 rings (SSSR count). The lowest BCUT2D eigenvalue weighted by Crippen LogP contribution is -2.17. The fraction of sp³-hybridized carbons (Fsp3) is 0.278. The van der Waals surface area contributed by atoms with Crippen molar-refractivity contribution in [3.05, 3.63) is 53.0 Å². The summed E-state index contributed by atoms with van der Waals surface area (Å²) in [4.78, 5) is 12.6. The Hall–Kier alpha value is -1.51. The molecule has 1 aliphatic carbocycles. The van der Waals surface area contributed by atoms with Gasteiger partial charge in [-0.15, -0.1) is 0 Å². The summed E-state index contributed by atoms with van der Waals surface area (Å²) >= 11 is 11.5. The third kappa shape index (κ3) is 2.73. The second-order valence-corrected chi connectivity index (χ2v) is 7.30. The van der Waals surface area contributed by atoms with Crippen LogP contribution in [0.2, 0.25) is 0 Å². The summed E-state index contributed by atoms with van der Waals surface area (Å²) in [6, 6.07) is 13.9. The smallest absolute Gasteiger partial charge is 0.228 e. The van der Waals surface area contributed by atoms with E-state index in [4.69, 9.17) is 23.2 Å². The second kappa shape index (κ2) is 5.60. The van der Waals surface area contributed by atoms with Crippen LogP contribution in [-0.4, -0.2) is 5.91 Å². The van der Waals surface area contributed by atoms with Gasteiger partial charge in [0.2, 0.25) is 5.91 Å². The fourth-order valence-electron chi connectivity index (χ4n) is 3.17. The molecule has 0 heterocycles. The maximum Gasteiger partial charge on any atom is 0.228 e. The SMILES string of the molecule is CC1(C)[C@H](C(=O)Nc2cccc3ccccc23)[C@@H]1C=C(Cl)Cl. The van der Waals surface area contributed by atoms with Crippen molar-refractivity contribution in [2.45, 2.75) is 13.8 Å². The Kier molecular flexibility index (Phi) is 3.92. The highest BCUT2D eigenvalue weighted by Crippen LogP contribution is 2.60. The van der Waals surface area contributed by atoms with E-state index in [1.54, 1.807) is 6.08 Å². The third-order valence-electron chi connectivity index (χ3n) is 4.55. The number of benzene rings is 2. The molecule has 1 fully saturated rings. The van der Waals surface area contributed by atoms with E-state index in [9.17, 15) is 4.79 Å². The van der Waals surface area contributed by atoms with Gasteiger partial charge in [0.05, 0.1) is 5.92 Å². The lowest BCUT2D eigenvalue weighted by Gasteiger charge is -2.09. The molecule has 1 N–H and O–H groups in total. The van der Waals surface area contributed by atoms with Gasteiger partial charge >= 0.3 is 0 Å². The van der Waals surface area contributed by atoms with Crippen LogP contribution in [0.5, 0.6) is 0 Å². The zero-order chi connectivity index (χ0) is 15.9. The Labute approximate surface area is 140 Å². The first-order valence-electron chi connectivity index (χ1n) is 7.22. The van der Waals surface area contributed by atoms with Gasteiger partial charge in [-0.1, -0.05) is 73.4 Å². The molecule has 114 valence electrons. The van der Waals surface area contributed by atoms with E-state index in [2.05, 4.69) is 19.2 Å². The van der Waals surface area contributed by atoms with Crippen LogP contribution in [0.3, 0.4) is 0 Å². The van der Waals surface area contributed by atoms with E-state index in [1.807, 2.05) is 42.5 Å². The number of allylic oxidation sites excluding steroid dienone is 1. The van der Waals surface area contributed by atoms with E-state index in [-0.39, 0.29) is 27.6 Å². The van der Waals surface area contributed by atoms with Crippen molar-refractivity contribution in [3.63, 3.8) is 0 Å². The molecule has 4 heteroatoms. The molecular formula is C18H17Cl2NO. The van der Waals surface area contributed by atoms with Crippen molar-refractivity contribution < 1.29 is 4.79 Å². The number of rotatable bonds is 3. The van der Waals surface area contributed by atoms with Crippen LogP contribution in [-0.2, 0) is 4.79 Å². The minimum absolute atomic E-state index is 0.0113. The predicted octanol–water partition coefficient (Wildman–Crippen LogP) is 5.37. The first-order chi connectivity index (χ1) is 10.4. The molecule has 0 spiro atoms. The van der Waals surface area contributed by atoms with Crippen LogP contribution in [0, 0.1) is 17.3 Å². The number of hydrogen-bond donors (Lipinski definition) is 1. The normalized spacial score (nSPS) is 22.2. The number of nitrogens with one attached hydrogen (secondary N) is 1. The Balaban J connectivity index is 1.84. The van der Waals surface area contributed by atoms with Crippen molar-refractivity contribution in [2.75, 3.05) is 5.32 Å².